The van der Waals surface area contributed by atoms with E-state index < -0.39 is 5.60 Å². The maximum absolute atomic E-state index is 11.4. The van der Waals surface area contributed by atoms with Gasteiger partial charge in [0.15, 0.2) is 0 Å². The van der Waals surface area contributed by atoms with Crippen molar-refractivity contribution in [3.05, 3.63) is 41.5 Å². The quantitative estimate of drug-likeness (QED) is 0.531. The first-order chi connectivity index (χ1) is 11.4. The van der Waals surface area contributed by atoms with Crippen LogP contribution >= 0.6 is 0 Å². The Morgan fingerprint density at radius 2 is 2.00 bits per heavy atom. The Morgan fingerprint density at radius 1 is 1.24 bits per heavy atom. The van der Waals surface area contributed by atoms with E-state index in [-0.39, 0.29) is 49.5 Å². The molecule has 1 N–H and O–H groups in total. The van der Waals surface area contributed by atoms with E-state index in [0.29, 0.717) is 17.8 Å². The Bertz CT molecular complexity index is 685. The summed E-state index contributed by atoms with van der Waals surface area (Å²) in [4.78, 5) is 0. The number of fused-ring (bicyclic) bond motifs is 5. The maximum Gasteiger partial charge on any atom is 0.119 e. The molecule has 4 rings (SSSR count). The van der Waals surface area contributed by atoms with Crippen LogP contribution in [0.15, 0.2) is 30.4 Å². The summed E-state index contributed by atoms with van der Waals surface area (Å²) in [6, 6.07) is 6.65. The van der Waals surface area contributed by atoms with Gasteiger partial charge < -0.3 is 9.84 Å². The molecule has 3 aliphatic carbocycles. The van der Waals surface area contributed by atoms with Gasteiger partial charge in [-0.2, -0.15) is 0 Å². The zero-order valence-electron chi connectivity index (χ0n) is 15.8. The van der Waals surface area contributed by atoms with Gasteiger partial charge in [0.2, 0.25) is 0 Å². The van der Waals surface area contributed by atoms with Gasteiger partial charge in [0.05, 0.1) is 12.7 Å². The Hall–Kier alpha value is 0.162. The molecule has 0 aliphatic heterocycles. The summed E-state index contributed by atoms with van der Waals surface area (Å²) in [7, 11) is 1.75. The predicted octanol–water partition coefficient (Wildman–Crippen LogP) is 4.86. The number of benzene rings is 1. The molecule has 1 aromatic carbocycles. The van der Waals surface area contributed by atoms with Gasteiger partial charge in [-0.3, -0.25) is 0 Å². The number of hydrogen-bond acceptors (Lipinski definition) is 2. The van der Waals surface area contributed by atoms with Crippen molar-refractivity contribution in [1.82, 2.24) is 0 Å². The topological polar surface area (TPSA) is 29.5 Å². The number of hydrogen-bond donors (Lipinski definition) is 1. The van der Waals surface area contributed by atoms with Crippen LogP contribution in [-0.2, 0) is 6.42 Å². The largest absolute Gasteiger partial charge is 0.497 e. The predicted molar refractivity (Wildman–Crippen MR) is 97.4 cm³/mol. The van der Waals surface area contributed by atoms with Gasteiger partial charge in [0.1, 0.15) is 5.75 Å². The van der Waals surface area contributed by atoms with Crippen LogP contribution in [-0.4, -0.2) is 17.8 Å². The first kappa shape index (κ1) is 19.9. The fourth-order valence-electron chi connectivity index (χ4n) is 6.40. The summed E-state index contributed by atoms with van der Waals surface area (Å²) in [6.07, 6.45) is 6.72. The number of ether oxygens (including phenoxy) is 1. The Kier molecular flexibility index (Phi) is 5.54. The van der Waals surface area contributed by atoms with Crippen molar-refractivity contribution in [2.24, 2.45) is 17.3 Å². The van der Waals surface area contributed by atoms with Crippen molar-refractivity contribution >= 4 is 0 Å². The zero-order valence-corrected chi connectivity index (χ0v) is 20.6. The molecule has 0 amide bonds. The monoisotopic (exact) mass is 553 g/mol. The van der Waals surface area contributed by atoms with Crippen LogP contribution in [0.4, 0.5) is 0 Å². The van der Waals surface area contributed by atoms with Crippen molar-refractivity contribution in [2.75, 3.05) is 7.11 Å². The van der Waals surface area contributed by atoms with E-state index in [1.54, 1.807) is 12.7 Å². The summed E-state index contributed by atoms with van der Waals surface area (Å²) in [5.41, 5.74) is 3.33. The average Bonchev–Trinajstić information content (AvgIpc) is 2.87. The second-order valence-electron chi connectivity index (χ2n) is 8.62. The Morgan fingerprint density at radius 3 is 2.68 bits per heavy atom. The molecule has 3 heteroatoms. The summed E-state index contributed by atoms with van der Waals surface area (Å²) < 4.78 is 5.41. The van der Waals surface area contributed by atoms with Crippen LogP contribution in [0.25, 0.3) is 0 Å². The molecule has 0 bridgehead atoms. The minimum atomic E-state index is -0.664. The van der Waals surface area contributed by atoms with E-state index in [2.05, 4.69) is 31.7 Å². The molecule has 25 heavy (non-hydrogen) atoms. The molecule has 1 radical (unpaired) electrons. The number of methoxy groups -OCH3 is 1. The van der Waals surface area contributed by atoms with Crippen molar-refractivity contribution in [1.29, 1.82) is 0 Å². The zero-order chi connectivity index (χ0) is 17.1. The van der Waals surface area contributed by atoms with Crippen LogP contribution in [0, 0.1) is 61.3 Å². The van der Waals surface area contributed by atoms with Gasteiger partial charge in [-0.05, 0) is 92.0 Å². The van der Waals surface area contributed by atoms with Gasteiger partial charge >= 0.3 is 0 Å². The van der Waals surface area contributed by atoms with Crippen LogP contribution in [0.2, 0.25) is 0 Å². The minimum Gasteiger partial charge on any atom is -0.497 e. The molecule has 1 aromatic rings. The van der Waals surface area contributed by atoms with Crippen LogP contribution in [0.5, 0.6) is 5.75 Å². The van der Waals surface area contributed by atoms with E-state index >= 15 is 0 Å². The normalized spacial score (nSPS) is 38.8. The molecule has 2 nitrogen and oxygen atoms in total. The van der Waals surface area contributed by atoms with Crippen molar-refractivity contribution in [3.63, 3.8) is 0 Å². The average molecular weight is 553 g/mol. The molecule has 133 valence electrons. The van der Waals surface area contributed by atoms with Crippen LogP contribution in [0.3, 0.4) is 0 Å². The van der Waals surface area contributed by atoms with Crippen LogP contribution < -0.4 is 4.74 Å². The summed E-state index contributed by atoms with van der Waals surface area (Å²) in [5.74, 6) is 2.96. The van der Waals surface area contributed by atoms with E-state index in [0.717, 1.165) is 37.0 Å². The summed E-state index contributed by atoms with van der Waals surface area (Å²) in [5, 5.41) is 11.4. The SMILES string of the molecule is C=C(C)C1(O)CCC2C3CCc4cc(OC)ccc4C3CCC21C.[Ac]. The molecule has 0 saturated heterocycles. The van der Waals surface area contributed by atoms with E-state index in [4.69, 9.17) is 4.74 Å². The fraction of sp³-hybridized carbons (Fsp3) is 0.636. The standard InChI is InChI=1S/C22H30O2.Ac/c1-14(2)22(23)12-10-20-19-7-5-15-13-16(24-4)6-8-17(15)18(19)9-11-21(20,22)3;/h6,8,13,18-20,23H,1,5,7,9-12H2,2-4H3;. The fourth-order valence-corrected chi connectivity index (χ4v) is 6.40. The Labute approximate surface area is 188 Å². The molecule has 0 spiro atoms. The number of aryl methyl sites for hydroxylation is 1. The van der Waals surface area contributed by atoms with E-state index in [1.165, 1.54) is 18.4 Å². The molecule has 5 unspecified atom stereocenters. The van der Waals surface area contributed by atoms with Crippen molar-refractivity contribution in [2.45, 2.75) is 63.9 Å². The van der Waals surface area contributed by atoms with Gasteiger partial charge in [-0.25, -0.2) is 0 Å². The molecule has 5 atom stereocenters. The second-order valence-corrected chi connectivity index (χ2v) is 8.62. The summed E-state index contributed by atoms with van der Waals surface area (Å²) in [6.45, 7) is 8.49. The van der Waals surface area contributed by atoms with E-state index in [1.807, 2.05) is 6.92 Å². The third-order valence-corrected chi connectivity index (χ3v) is 7.79. The molecular formula is C22H30AcO2. The van der Waals surface area contributed by atoms with Crippen molar-refractivity contribution < 1.29 is 53.9 Å². The minimum absolute atomic E-state index is 0. The molecule has 2 saturated carbocycles. The van der Waals surface area contributed by atoms with Gasteiger partial charge in [-0.15, -0.1) is 0 Å². The van der Waals surface area contributed by atoms with E-state index in [9.17, 15) is 5.11 Å². The smallest absolute Gasteiger partial charge is 0.119 e. The summed E-state index contributed by atoms with van der Waals surface area (Å²) >= 11 is 0. The van der Waals surface area contributed by atoms with Gasteiger partial charge in [0.25, 0.3) is 0 Å². The molecule has 0 heterocycles. The van der Waals surface area contributed by atoms with Crippen LogP contribution in [0.1, 0.15) is 63.0 Å². The first-order valence-electron chi connectivity index (χ1n) is 9.46. The molecule has 2 fully saturated rings. The Balaban J connectivity index is 0.00000182. The van der Waals surface area contributed by atoms with Gasteiger partial charge in [-0.1, -0.05) is 19.6 Å². The first-order valence-corrected chi connectivity index (χ1v) is 9.46. The van der Waals surface area contributed by atoms with Crippen molar-refractivity contribution in [3.8, 4) is 5.75 Å². The molecular weight excluding hydrogens is 523 g/mol. The number of aliphatic hydroxyl groups is 1. The van der Waals surface area contributed by atoms with Gasteiger partial charge in [0, 0.05) is 49.5 Å². The maximum atomic E-state index is 11.4. The number of rotatable bonds is 2. The second kappa shape index (κ2) is 6.96. The molecule has 3 aliphatic rings. The third kappa shape index (κ3) is 2.79. The third-order valence-electron chi connectivity index (χ3n) is 7.79. The molecule has 0 aromatic heterocycles.